The smallest absolute Gasteiger partial charge is 0.126 e. The summed E-state index contributed by atoms with van der Waals surface area (Å²) in [6.07, 6.45) is 1.43. The van der Waals surface area contributed by atoms with Crippen molar-refractivity contribution in [2.75, 3.05) is 32.1 Å². The molecular weight excluding hydrogens is 250 g/mol. The molecule has 0 bridgehead atoms. The van der Waals surface area contributed by atoms with Gasteiger partial charge in [-0.25, -0.2) is 4.98 Å². The van der Waals surface area contributed by atoms with E-state index in [4.69, 9.17) is 16.3 Å². The molecule has 2 heterocycles. The Kier molecular flexibility index (Phi) is 4.80. The predicted molar refractivity (Wildman–Crippen MR) is 74.1 cm³/mol. The number of hydrogen-bond donors (Lipinski definition) is 1. The molecule has 2 rings (SSSR count). The van der Waals surface area contributed by atoms with Gasteiger partial charge in [-0.1, -0.05) is 11.6 Å². The largest absolute Gasteiger partial charge is 0.380 e. The van der Waals surface area contributed by atoms with Crippen LogP contribution in [0.3, 0.4) is 0 Å². The lowest BCUT2D eigenvalue weighted by molar-refractivity contribution is 0.107. The molecule has 5 heteroatoms. The summed E-state index contributed by atoms with van der Waals surface area (Å²) in [6.45, 7) is 5.71. The molecule has 1 aliphatic rings. The number of pyridine rings is 1. The van der Waals surface area contributed by atoms with E-state index in [0.717, 1.165) is 49.1 Å². The quantitative estimate of drug-likeness (QED) is 0.891. The molecule has 0 radical (unpaired) electrons. The van der Waals surface area contributed by atoms with E-state index >= 15 is 0 Å². The van der Waals surface area contributed by atoms with Gasteiger partial charge in [0.25, 0.3) is 0 Å². The molecule has 18 heavy (non-hydrogen) atoms. The fourth-order valence-corrected chi connectivity index (χ4v) is 2.38. The molecule has 0 aromatic carbocycles. The second-order valence-electron chi connectivity index (χ2n) is 4.54. The molecule has 0 amide bonds. The zero-order chi connectivity index (χ0) is 13.0. The van der Waals surface area contributed by atoms with Crippen LogP contribution < -0.4 is 5.32 Å². The normalized spacial score (nSPS) is 20.3. The molecule has 1 saturated heterocycles. The molecule has 1 aromatic rings. The van der Waals surface area contributed by atoms with Crippen molar-refractivity contribution in [3.05, 3.63) is 22.8 Å². The van der Waals surface area contributed by atoms with Gasteiger partial charge in [-0.3, -0.25) is 4.90 Å². The van der Waals surface area contributed by atoms with Crippen molar-refractivity contribution in [3.8, 4) is 0 Å². The van der Waals surface area contributed by atoms with Crippen molar-refractivity contribution in [2.24, 2.45) is 0 Å². The van der Waals surface area contributed by atoms with Crippen molar-refractivity contribution in [3.63, 3.8) is 0 Å². The van der Waals surface area contributed by atoms with Crippen molar-refractivity contribution >= 4 is 17.4 Å². The second-order valence-corrected chi connectivity index (χ2v) is 4.94. The van der Waals surface area contributed by atoms with Gasteiger partial charge in [0.05, 0.1) is 16.8 Å². The molecule has 0 saturated carbocycles. The Bertz CT molecular complexity index is 400. The van der Waals surface area contributed by atoms with Crippen LogP contribution in [0.5, 0.6) is 0 Å². The number of methoxy groups -OCH3 is 1. The lowest BCUT2D eigenvalue weighted by Gasteiger charge is -2.16. The van der Waals surface area contributed by atoms with Crippen molar-refractivity contribution in [1.29, 1.82) is 0 Å². The third kappa shape index (κ3) is 3.34. The highest BCUT2D eigenvalue weighted by Crippen LogP contribution is 2.21. The average Bonchev–Trinajstić information content (AvgIpc) is 2.81. The Morgan fingerprint density at radius 2 is 2.39 bits per heavy atom. The Morgan fingerprint density at radius 1 is 1.56 bits per heavy atom. The third-order valence-electron chi connectivity index (χ3n) is 3.21. The molecule has 100 valence electrons. The van der Waals surface area contributed by atoms with Gasteiger partial charge in [-0.2, -0.15) is 0 Å². The molecule has 1 aromatic heterocycles. The van der Waals surface area contributed by atoms with E-state index in [1.54, 1.807) is 7.11 Å². The zero-order valence-corrected chi connectivity index (χ0v) is 11.7. The van der Waals surface area contributed by atoms with Crippen LogP contribution >= 0.6 is 11.6 Å². The van der Waals surface area contributed by atoms with E-state index in [0.29, 0.717) is 6.10 Å². The maximum atomic E-state index is 6.20. The monoisotopic (exact) mass is 269 g/mol. The van der Waals surface area contributed by atoms with Gasteiger partial charge in [0.15, 0.2) is 0 Å². The number of hydrogen-bond acceptors (Lipinski definition) is 4. The molecule has 1 N–H and O–H groups in total. The maximum Gasteiger partial charge on any atom is 0.126 e. The minimum atomic E-state index is 0.348. The Hall–Kier alpha value is -0.840. The summed E-state index contributed by atoms with van der Waals surface area (Å²) < 4.78 is 5.36. The molecule has 0 spiro atoms. The first-order chi connectivity index (χ1) is 8.72. The average molecular weight is 270 g/mol. The first kappa shape index (κ1) is 13.6. The highest BCUT2D eigenvalue weighted by atomic mass is 35.5. The van der Waals surface area contributed by atoms with E-state index in [-0.39, 0.29) is 0 Å². The van der Waals surface area contributed by atoms with E-state index < -0.39 is 0 Å². The number of likely N-dealkylation sites (tertiary alicyclic amines) is 1. The van der Waals surface area contributed by atoms with Gasteiger partial charge in [0.2, 0.25) is 0 Å². The topological polar surface area (TPSA) is 37.4 Å². The van der Waals surface area contributed by atoms with Crippen molar-refractivity contribution < 1.29 is 4.74 Å². The standard InChI is InChI=1S/C13H20ClN3O/c1-3-15-13-5-4-11(14)12(16-13)9-17-7-6-10(8-17)18-2/h4-5,10H,3,6-9H2,1-2H3,(H,15,16). The highest BCUT2D eigenvalue weighted by Gasteiger charge is 2.22. The number of rotatable bonds is 5. The summed E-state index contributed by atoms with van der Waals surface area (Å²) >= 11 is 6.20. The van der Waals surface area contributed by atoms with Crippen LogP contribution in [0.15, 0.2) is 12.1 Å². The molecule has 1 unspecified atom stereocenters. The number of nitrogens with one attached hydrogen (secondary N) is 1. The van der Waals surface area contributed by atoms with Crippen molar-refractivity contribution in [1.82, 2.24) is 9.88 Å². The predicted octanol–water partition coefficient (Wildman–Crippen LogP) is 2.39. The first-order valence-electron chi connectivity index (χ1n) is 6.37. The van der Waals surface area contributed by atoms with Crippen molar-refractivity contribution in [2.45, 2.75) is 26.0 Å². The number of aromatic nitrogens is 1. The van der Waals surface area contributed by atoms with Gasteiger partial charge in [-0.05, 0) is 25.5 Å². The van der Waals surface area contributed by atoms with Crippen LogP contribution in [0, 0.1) is 0 Å². The molecule has 4 nitrogen and oxygen atoms in total. The third-order valence-corrected chi connectivity index (χ3v) is 3.56. The van der Waals surface area contributed by atoms with Gasteiger partial charge < -0.3 is 10.1 Å². The fourth-order valence-electron chi connectivity index (χ4n) is 2.22. The fraction of sp³-hybridized carbons (Fsp3) is 0.615. The van der Waals surface area contributed by atoms with Crippen LogP contribution in [0.2, 0.25) is 5.02 Å². The van der Waals surface area contributed by atoms with Crippen LogP contribution in [0.1, 0.15) is 19.0 Å². The summed E-state index contributed by atoms with van der Waals surface area (Å²) in [4.78, 5) is 6.88. The van der Waals surface area contributed by atoms with Gasteiger partial charge in [-0.15, -0.1) is 0 Å². The number of nitrogens with zero attached hydrogens (tertiary/aromatic N) is 2. The molecule has 1 aliphatic heterocycles. The number of anilines is 1. The second kappa shape index (κ2) is 6.36. The zero-order valence-electron chi connectivity index (χ0n) is 10.9. The Balaban J connectivity index is 2.02. The van der Waals surface area contributed by atoms with Crippen LogP contribution in [-0.4, -0.2) is 42.7 Å². The first-order valence-corrected chi connectivity index (χ1v) is 6.75. The minimum absolute atomic E-state index is 0.348. The molecule has 1 fully saturated rings. The Labute approximate surface area is 113 Å². The minimum Gasteiger partial charge on any atom is -0.380 e. The van der Waals surface area contributed by atoms with Gasteiger partial charge >= 0.3 is 0 Å². The van der Waals surface area contributed by atoms with E-state index in [1.165, 1.54) is 0 Å². The van der Waals surface area contributed by atoms with Crippen LogP contribution in [-0.2, 0) is 11.3 Å². The SMILES string of the molecule is CCNc1ccc(Cl)c(CN2CCC(OC)C2)n1. The van der Waals surface area contributed by atoms with Gasteiger partial charge in [0.1, 0.15) is 5.82 Å². The molecular formula is C13H20ClN3O. The number of ether oxygens (including phenoxy) is 1. The number of halogens is 1. The summed E-state index contributed by atoms with van der Waals surface area (Å²) in [5, 5.41) is 3.94. The molecule has 0 aliphatic carbocycles. The van der Waals surface area contributed by atoms with E-state index in [2.05, 4.69) is 22.1 Å². The lowest BCUT2D eigenvalue weighted by atomic mass is 10.3. The summed E-state index contributed by atoms with van der Waals surface area (Å²) in [5.74, 6) is 0.888. The Morgan fingerprint density at radius 3 is 3.06 bits per heavy atom. The summed E-state index contributed by atoms with van der Waals surface area (Å²) in [7, 11) is 1.77. The highest BCUT2D eigenvalue weighted by molar-refractivity contribution is 6.31. The lowest BCUT2D eigenvalue weighted by Crippen LogP contribution is -2.23. The van der Waals surface area contributed by atoms with Crippen LogP contribution in [0.4, 0.5) is 5.82 Å². The van der Waals surface area contributed by atoms with Crippen LogP contribution in [0.25, 0.3) is 0 Å². The van der Waals surface area contributed by atoms with E-state index in [9.17, 15) is 0 Å². The van der Waals surface area contributed by atoms with E-state index in [1.807, 2.05) is 12.1 Å². The summed E-state index contributed by atoms with van der Waals surface area (Å²) in [6, 6.07) is 3.82. The maximum absolute atomic E-state index is 6.20. The summed E-state index contributed by atoms with van der Waals surface area (Å²) in [5.41, 5.74) is 0.937. The molecule has 1 atom stereocenters. The van der Waals surface area contributed by atoms with Gasteiger partial charge in [0, 0.05) is 33.3 Å².